The van der Waals surface area contributed by atoms with E-state index >= 15 is 0 Å². The Kier molecular flexibility index (Phi) is 5.48. The van der Waals surface area contributed by atoms with Crippen LogP contribution in [-0.4, -0.2) is 22.4 Å². The molecule has 3 aromatic heterocycles. The molecule has 0 unspecified atom stereocenters. The highest BCUT2D eigenvalue weighted by Crippen LogP contribution is 2.35. The van der Waals surface area contributed by atoms with E-state index in [4.69, 9.17) is 20.4 Å². The molecule has 2 N–H and O–H groups in total. The van der Waals surface area contributed by atoms with Crippen LogP contribution in [0.1, 0.15) is 16.8 Å². The third-order valence-corrected chi connectivity index (χ3v) is 6.00. The van der Waals surface area contributed by atoms with Gasteiger partial charge in [0.1, 0.15) is 11.2 Å². The highest BCUT2D eigenvalue weighted by Gasteiger charge is 2.18. The number of furan rings is 1. The molecule has 0 aliphatic carbocycles. The number of nitrogens with one attached hydrogen (secondary N) is 2. The van der Waals surface area contributed by atoms with Crippen molar-refractivity contribution in [3.63, 3.8) is 0 Å². The maximum Gasteiger partial charge on any atom is 0.340 e. The van der Waals surface area contributed by atoms with Gasteiger partial charge < -0.3 is 19.1 Å². The minimum atomic E-state index is -0.521. The maximum absolute atomic E-state index is 12.6. The Labute approximate surface area is 193 Å². The third-order valence-electron chi connectivity index (χ3n) is 5.75. The summed E-state index contributed by atoms with van der Waals surface area (Å²) in [4.78, 5) is 32.1. The van der Waals surface area contributed by atoms with E-state index in [0.29, 0.717) is 34.7 Å². The highest BCUT2D eigenvalue weighted by molar-refractivity contribution is 6.30. The Morgan fingerprint density at radius 3 is 2.73 bits per heavy atom. The Morgan fingerprint density at radius 2 is 1.97 bits per heavy atom. The minimum Gasteiger partial charge on any atom is -0.464 e. The van der Waals surface area contributed by atoms with Crippen molar-refractivity contribution in [2.24, 2.45) is 0 Å². The van der Waals surface area contributed by atoms with Gasteiger partial charge in [-0.1, -0.05) is 23.7 Å². The molecule has 166 valence electrons. The second-order valence-electron chi connectivity index (χ2n) is 7.85. The Bertz CT molecular complexity index is 1520. The van der Waals surface area contributed by atoms with Gasteiger partial charge in [0.25, 0.3) is 0 Å². The average Bonchev–Trinajstić information content (AvgIpc) is 3.46. The predicted octanol–water partition coefficient (Wildman–Crippen LogP) is 4.79. The van der Waals surface area contributed by atoms with Crippen LogP contribution in [0.15, 0.2) is 68.8 Å². The third kappa shape index (κ3) is 4.15. The van der Waals surface area contributed by atoms with Crippen molar-refractivity contribution in [1.29, 1.82) is 0 Å². The number of fused-ring (bicyclic) bond motifs is 2. The quantitative estimate of drug-likeness (QED) is 0.354. The van der Waals surface area contributed by atoms with Gasteiger partial charge in [0.05, 0.1) is 24.6 Å². The smallest absolute Gasteiger partial charge is 0.340 e. The fraction of sp³-hybridized carbons (Fsp3) is 0.160. The zero-order chi connectivity index (χ0) is 22.9. The normalized spacial score (nSPS) is 11.3. The number of carbonyl (C=O) groups is 1. The summed E-state index contributed by atoms with van der Waals surface area (Å²) in [7, 11) is 0. The van der Waals surface area contributed by atoms with E-state index in [9.17, 15) is 9.59 Å². The molecule has 5 aromatic rings. The van der Waals surface area contributed by atoms with Crippen molar-refractivity contribution in [2.75, 3.05) is 6.54 Å². The lowest BCUT2D eigenvalue weighted by Crippen LogP contribution is -2.29. The number of aromatic nitrogens is 2. The fourth-order valence-electron chi connectivity index (χ4n) is 3.95. The first-order valence-corrected chi connectivity index (χ1v) is 10.8. The molecule has 0 aliphatic rings. The van der Waals surface area contributed by atoms with Crippen molar-refractivity contribution in [3.8, 4) is 11.1 Å². The van der Waals surface area contributed by atoms with Gasteiger partial charge in [-0.25, -0.2) is 9.78 Å². The summed E-state index contributed by atoms with van der Waals surface area (Å²) in [5, 5.41) is 5.14. The van der Waals surface area contributed by atoms with Crippen LogP contribution in [-0.2, 0) is 17.6 Å². The lowest BCUT2D eigenvalue weighted by molar-refractivity contribution is -0.120. The number of aromatic amines is 1. The van der Waals surface area contributed by atoms with Gasteiger partial charge in [-0.2, -0.15) is 0 Å². The van der Waals surface area contributed by atoms with E-state index in [1.807, 2.05) is 37.3 Å². The zero-order valence-electron chi connectivity index (χ0n) is 17.8. The summed E-state index contributed by atoms with van der Waals surface area (Å²) >= 11 is 6.02. The van der Waals surface area contributed by atoms with Crippen LogP contribution >= 0.6 is 11.6 Å². The number of aryl methyl sites for hydroxylation is 1. The second kappa shape index (κ2) is 8.60. The Balaban J connectivity index is 1.46. The van der Waals surface area contributed by atoms with Crippen molar-refractivity contribution in [3.05, 3.63) is 87.4 Å². The molecule has 33 heavy (non-hydrogen) atoms. The fourth-order valence-corrected chi connectivity index (χ4v) is 4.07. The first-order chi connectivity index (χ1) is 16.0. The summed E-state index contributed by atoms with van der Waals surface area (Å²) in [6.45, 7) is 2.28. The molecule has 5 rings (SSSR count). The van der Waals surface area contributed by atoms with E-state index in [1.165, 1.54) is 0 Å². The van der Waals surface area contributed by atoms with E-state index < -0.39 is 5.63 Å². The Hall–Kier alpha value is -3.84. The molecule has 0 radical (unpaired) electrons. The molecule has 0 atom stereocenters. The first kappa shape index (κ1) is 21.0. The Morgan fingerprint density at radius 1 is 1.15 bits per heavy atom. The van der Waals surface area contributed by atoms with Crippen LogP contribution in [0.5, 0.6) is 0 Å². The number of imidazole rings is 1. The van der Waals surface area contributed by atoms with E-state index in [0.717, 1.165) is 33.2 Å². The van der Waals surface area contributed by atoms with Crippen molar-refractivity contribution in [1.82, 2.24) is 15.3 Å². The molecule has 0 saturated heterocycles. The van der Waals surface area contributed by atoms with E-state index in [-0.39, 0.29) is 12.3 Å². The highest BCUT2D eigenvalue weighted by atomic mass is 35.5. The molecule has 0 spiro atoms. The van der Waals surface area contributed by atoms with Crippen LogP contribution in [0.3, 0.4) is 0 Å². The second-order valence-corrected chi connectivity index (χ2v) is 8.28. The number of benzene rings is 2. The standard InChI is InChI=1S/C25H20ClN3O4/c1-14-18-8-20-21(15-2-4-16(26)5-3-15)12-32-22(20)10-23(18)33-25(31)19(14)9-24(30)28-7-6-17-11-27-13-29-17/h2-5,8,10-13H,6-7,9H2,1H3,(H,27,29)(H,28,30). The van der Waals surface area contributed by atoms with Crippen molar-refractivity contribution < 1.29 is 13.6 Å². The summed E-state index contributed by atoms with van der Waals surface area (Å²) in [5.74, 6) is -0.240. The van der Waals surface area contributed by atoms with Gasteiger partial charge in [-0.3, -0.25) is 4.79 Å². The summed E-state index contributed by atoms with van der Waals surface area (Å²) in [6.07, 6.45) is 5.55. The number of rotatable bonds is 6. The number of halogens is 1. The first-order valence-electron chi connectivity index (χ1n) is 10.5. The molecule has 3 heterocycles. The van der Waals surface area contributed by atoms with Crippen LogP contribution in [0, 0.1) is 6.92 Å². The summed E-state index contributed by atoms with van der Waals surface area (Å²) in [6, 6.07) is 11.2. The number of carbonyl (C=O) groups excluding carboxylic acids is 1. The minimum absolute atomic E-state index is 0.0550. The lowest BCUT2D eigenvalue weighted by Gasteiger charge is -2.09. The number of H-pyrrole nitrogens is 1. The molecule has 7 nitrogen and oxygen atoms in total. The topological polar surface area (TPSA) is 101 Å². The molecule has 0 bridgehead atoms. The van der Waals surface area contributed by atoms with Crippen LogP contribution < -0.4 is 10.9 Å². The number of hydrogen-bond donors (Lipinski definition) is 2. The van der Waals surface area contributed by atoms with Gasteiger partial charge in [-0.05, 0) is 36.2 Å². The number of amides is 1. The van der Waals surface area contributed by atoms with Gasteiger partial charge >= 0.3 is 5.63 Å². The summed E-state index contributed by atoms with van der Waals surface area (Å²) < 4.78 is 11.3. The van der Waals surface area contributed by atoms with Gasteiger partial charge in [-0.15, -0.1) is 0 Å². The number of nitrogens with zero attached hydrogens (tertiary/aromatic N) is 1. The molecule has 0 saturated carbocycles. The van der Waals surface area contributed by atoms with Crippen LogP contribution in [0.2, 0.25) is 5.02 Å². The average molecular weight is 462 g/mol. The predicted molar refractivity (Wildman–Crippen MR) is 126 cm³/mol. The van der Waals surface area contributed by atoms with Gasteiger partial charge in [0.2, 0.25) is 5.91 Å². The maximum atomic E-state index is 12.6. The van der Waals surface area contributed by atoms with E-state index in [1.54, 1.807) is 24.9 Å². The van der Waals surface area contributed by atoms with Crippen LogP contribution in [0.4, 0.5) is 0 Å². The van der Waals surface area contributed by atoms with Crippen molar-refractivity contribution >= 4 is 39.4 Å². The lowest BCUT2D eigenvalue weighted by atomic mass is 9.99. The molecule has 2 aromatic carbocycles. The van der Waals surface area contributed by atoms with E-state index in [2.05, 4.69) is 15.3 Å². The van der Waals surface area contributed by atoms with Gasteiger partial charge in [0.15, 0.2) is 0 Å². The SMILES string of the molecule is Cc1c(CC(=O)NCCc2cnc[nH]2)c(=O)oc2cc3occ(-c4ccc(Cl)cc4)c3cc12. The molecule has 8 heteroatoms. The molecular weight excluding hydrogens is 442 g/mol. The zero-order valence-corrected chi connectivity index (χ0v) is 18.5. The molecule has 0 aliphatic heterocycles. The van der Waals surface area contributed by atoms with Gasteiger partial charge in [0, 0.05) is 52.3 Å². The molecule has 1 amide bonds. The molecule has 0 fully saturated rings. The van der Waals surface area contributed by atoms with Crippen molar-refractivity contribution in [2.45, 2.75) is 19.8 Å². The van der Waals surface area contributed by atoms with Crippen LogP contribution in [0.25, 0.3) is 33.1 Å². The summed E-state index contributed by atoms with van der Waals surface area (Å²) in [5.41, 5.74) is 4.37. The largest absolute Gasteiger partial charge is 0.464 e. The molecular formula is C25H20ClN3O4. The number of hydrogen-bond acceptors (Lipinski definition) is 5. The monoisotopic (exact) mass is 461 g/mol.